The second-order valence-electron chi connectivity index (χ2n) is 5.37. The Balaban J connectivity index is 1.77. The first-order chi connectivity index (χ1) is 11.4. The van der Waals surface area contributed by atoms with E-state index in [0.717, 1.165) is 18.2 Å². The van der Waals surface area contributed by atoms with Crippen LogP contribution in [-0.4, -0.2) is 22.5 Å². The third-order valence-corrected chi connectivity index (χ3v) is 3.62. The average molecular weight is 330 g/mol. The molecule has 1 heterocycles. The molecule has 1 unspecified atom stereocenters. The summed E-state index contributed by atoms with van der Waals surface area (Å²) in [6.07, 6.45) is 0.448. The average Bonchev–Trinajstić information content (AvgIpc) is 2.83. The molecule has 2 aromatic rings. The van der Waals surface area contributed by atoms with Gasteiger partial charge in [0.1, 0.15) is 17.4 Å². The lowest BCUT2D eigenvalue weighted by atomic mass is 10.0. The lowest BCUT2D eigenvalue weighted by Crippen LogP contribution is -2.38. The van der Waals surface area contributed by atoms with Crippen molar-refractivity contribution < 1.29 is 28.2 Å². The van der Waals surface area contributed by atoms with Gasteiger partial charge in [-0.1, -0.05) is 0 Å². The van der Waals surface area contributed by atoms with Crippen LogP contribution in [0.15, 0.2) is 54.6 Å². The Kier molecular flexibility index (Phi) is 3.99. The summed E-state index contributed by atoms with van der Waals surface area (Å²) >= 11 is 0. The summed E-state index contributed by atoms with van der Waals surface area (Å²) in [6.45, 7) is 0. The number of carbonyl (C=O) groups excluding carboxylic acids is 2. The molecular weight excluding hydrogens is 318 g/mol. The van der Waals surface area contributed by atoms with Crippen molar-refractivity contribution in [3.63, 3.8) is 0 Å². The zero-order valence-electron chi connectivity index (χ0n) is 12.3. The van der Waals surface area contributed by atoms with Crippen molar-refractivity contribution >= 4 is 17.3 Å². The van der Waals surface area contributed by atoms with Crippen LogP contribution in [0.3, 0.4) is 0 Å². The first-order valence-electron chi connectivity index (χ1n) is 7.10. The van der Waals surface area contributed by atoms with Crippen LogP contribution in [0.2, 0.25) is 0 Å². The van der Waals surface area contributed by atoms with Gasteiger partial charge in [-0.3, -0.25) is 9.59 Å². The lowest BCUT2D eigenvalue weighted by Gasteiger charge is -2.21. The zero-order chi connectivity index (χ0) is 17.3. The van der Waals surface area contributed by atoms with Gasteiger partial charge < -0.3 is 9.84 Å². The molecule has 1 aliphatic rings. The molecule has 0 spiro atoms. The molecular formula is C18H12F2O4. The van der Waals surface area contributed by atoms with Crippen molar-refractivity contribution in [1.29, 1.82) is 0 Å². The van der Waals surface area contributed by atoms with E-state index < -0.39 is 35.4 Å². The Hall–Kier alpha value is -2.86. The van der Waals surface area contributed by atoms with Crippen molar-refractivity contribution in [1.82, 2.24) is 0 Å². The molecule has 3 rings (SSSR count). The Bertz CT molecular complexity index is 825. The summed E-state index contributed by atoms with van der Waals surface area (Å²) in [5.74, 6) is -4.58. The first kappa shape index (κ1) is 16.0. The minimum absolute atomic E-state index is 0.0504. The van der Waals surface area contributed by atoms with Crippen molar-refractivity contribution in [2.45, 2.75) is 12.2 Å². The minimum Gasteiger partial charge on any atom is -0.453 e. The maximum absolute atomic E-state index is 12.9. The fraction of sp³-hybridized carbons (Fsp3) is 0.111. The standard InChI is InChI=1S/C18H12F2O4/c19-13-5-1-11(2-6-13)15(21)10-18(23)17(22)9-16(24-18)12-3-7-14(20)8-4-12/h1-9,23H,10H2. The van der Waals surface area contributed by atoms with Gasteiger partial charge in [-0.05, 0) is 48.5 Å². The van der Waals surface area contributed by atoms with E-state index in [2.05, 4.69) is 0 Å². The number of benzene rings is 2. The van der Waals surface area contributed by atoms with Gasteiger partial charge in [0.15, 0.2) is 5.78 Å². The van der Waals surface area contributed by atoms with Gasteiger partial charge in [0.2, 0.25) is 5.78 Å². The van der Waals surface area contributed by atoms with Crippen LogP contribution in [0.1, 0.15) is 22.3 Å². The molecule has 2 aromatic carbocycles. The Morgan fingerprint density at radius 2 is 1.54 bits per heavy atom. The molecule has 1 atom stereocenters. The lowest BCUT2D eigenvalue weighted by molar-refractivity contribution is -0.167. The molecule has 24 heavy (non-hydrogen) atoms. The molecule has 0 bridgehead atoms. The molecule has 4 nitrogen and oxygen atoms in total. The van der Waals surface area contributed by atoms with Crippen LogP contribution in [0.4, 0.5) is 8.78 Å². The summed E-state index contributed by atoms with van der Waals surface area (Å²) in [7, 11) is 0. The second-order valence-corrected chi connectivity index (χ2v) is 5.37. The maximum atomic E-state index is 12.9. The van der Waals surface area contributed by atoms with Gasteiger partial charge in [-0.2, -0.15) is 0 Å². The molecule has 0 radical (unpaired) electrons. The molecule has 0 saturated carbocycles. The summed E-state index contributed by atoms with van der Waals surface area (Å²) in [6, 6.07) is 9.89. The van der Waals surface area contributed by atoms with Gasteiger partial charge in [-0.15, -0.1) is 0 Å². The third kappa shape index (κ3) is 3.09. The van der Waals surface area contributed by atoms with Crippen molar-refractivity contribution in [3.8, 4) is 0 Å². The molecule has 0 saturated heterocycles. The van der Waals surface area contributed by atoms with Crippen LogP contribution in [-0.2, 0) is 9.53 Å². The maximum Gasteiger partial charge on any atom is 0.279 e. The van der Waals surface area contributed by atoms with Gasteiger partial charge in [-0.25, -0.2) is 8.78 Å². The third-order valence-electron chi connectivity index (χ3n) is 3.62. The Morgan fingerprint density at radius 3 is 2.12 bits per heavy atom. The largest absolute Gasteiger partial charge is 0.453 e. The van der Waals surface area contributed by atoms with Crippen molar-refractivity contribution in [3.05, 3.63) is 77.4 Å². The van der Waals surface area contributed by atoms with E-state index in [-0.39, 0.29) is 11.3 Å². The van der Waals surface area contributed by atoms with Gasteiger partial charge in [0.25, 0.3) is 5.79 Å². The topological polar surface area (TPSA) is 63.6 Å². The van der Waals surface area contributed by atoms with E-state index in [0.29, 0.717) is 5.56 Å². The predicted molar refractivity (Wildman–Crippen MR) is 80.8 cm³/mol. The minimum atomic E-state index is -2.32. The van der Waals surface area contributed by atoms with E-state index in [1.807, 2.05) is 0 Å². The monoisotopic (exact) mass is 330 g/mol. The van der Waals surface area contributed by atoms with Crippen LogP contribution < -0.4 is 0 Å². The van der Waals surface area contributed by atoms with Crippen LogP contribution in [0, 0.1) is 11.6 Å². The quantitative estimate of drug-likeness (QED) is 0.876. The number of rotatable bonds is 4. The Morgan fingerprint density at radius 1 is 1.00 bits per heavy atom. The van der Waals surface area contributed by atoms with Crippen molar-refractivity contribution in [2.24, 2.45) is 0 Å². The smallest absolute Gasteiger partial charge is 0.279 e. The molecule has 0 fully saturated rings. The van der Waals surface area contributed by atoms with Crippen LogP contribution in [0.5, 0.6) is 0 Å². The van der Waals surface area contributed by atoms with Crippen LogP contribution >= 0.6 is 0 Å². The highest BCUT2D eigenvalue weighted by molar-refractivity contribution is 6.08. The summed E-state index contributed by atoms with van der Waals surface area (Å²) < 4.78 is 31.1. The number of hydrogen-bond donors (Lipinski definition) is 1. The van der Waals surface area contributed by atoms with E-state index in [1.54, 1.807) is 0 Å². The number of carbonyl (C=O) groups is 2. The van der Waals surface area contributed by atoms with E-state index in [1.165, 1.54) is 36.4 Å². The first-order valence-corrected chi connectivity index (χ1v) is 7.10. The Labute approximate surface area is 136 Å². The number of hydrogen-bond acceptors (Lipinski definition) is 4. The van der Waals surface area contributed by atoms with E-state index >= 15 is 0 Å². The fourth-order valence-electron chi connectivity index (χ4n) is 2.33. The van der Waals surface area contributed by atoms with Crippen LogP contribution in [0.25, 0.3) is 5.76 Å². The molecule has 0 aromatic heterocycles. The van der Waals surface area contributed by atoms with E-state index in [4.69, 9.17) is 4.74 Å². The normalized spacial score (nSPS) is 19.8. The highest BCUT2D eigenvalue weighted by atomic mass is 19.1. The number of ether oxygens (including phenoxy) is 1. The SMILES string of the molecule is O=C(CC1(O)OC(c2ccc(F)cc2)=CC1=O)c1ccc(F)cc1. The highest BCUT2D eigenvalue weighted by Gasteiger charge is 2.45. The zero-order valence-corrected chi connectivity index (χ0v) is 12.3. The number of aliphatic hydroxyl groups is 1. The number of ketones is 2. The van der Waals surface area contributed by atoms with Crippen molar-refractivity contribution in [2.75, 3.05) is 0 Å². The molecule has 1 aliphatic heterocycles. The van der Waals surface area contributed by atoms with Gasteiger partial charge >= 0.3 is 0 Å². The molecule has 122 valence electrons. The van der Waals surface area contributed by atoms with Gasteiger partial charge in [0.05, 0.1) is 6.42 Å². The predicted octanol–water partition coefficient (Wildman–Crippen LogP) is 2.87. The fourth-order valence-corrected chi connectivity index (χ4v) is 2.33. The molecule has 6 heteroatoms. The molecule has 1 N–H and O–H groups in total. The highest BCUT2D eigenvalue weighted by Crippen LogP contribution is 2.33. The summed E-state index contributed by atoms with van der Waals surface area (Å²) in [5, 5.41) is 10.3. The number of halogens is 2. The molecule has 0 aliphatic carbocycles. The summed E-state index contributed by atoms with van der Waals surface area (Å²) in [4.78, 5) is 24.2. The second kappa shape index (κ2) is 5.98. The summed E-state index contributed by atoms with van der Waals surface area (Å²) in [5.41, 5.74) is 0.548. The van der Waals surface area contributed by atoms with E-state index in [9.17, 15) is 23.5 Å². The molecule has 0 amide bonds. The van der Waals surface area contributed by atoms with Gasteiger partial charge in [0, 0.05) is 17.2 Å². The number of Topliss-reactive ketones (excluding diaryl/α,β-unsaturated/α-hetero) is 1.